The lowest BCUT2D eigenvalue weighted by Crippen LogP contribution is -2.15. The molecule has 0 bridgehead atoms. The van der Waals surface area contributed by atoms with Gasteiger partial charge in [-0.25, -0.2) is 9.78 Å². The molecule has 4 N–H and O–H groups in total. The smallest absolute Gasteiger partial charge is 0.337 e. The minimum Gasteiger partial charge on any atom is -0.465 e. The van der Waals surface area contributed by atoms with E-state index >= 15 is 0 Å². The maximum atomic E-state index is 12.0. The van der Waals surface area contributed by atoms with Crippen LogP contribution in [0, 0.1) is 0 Å². The Morgan fingerprint density at radius 3 is 2.60 bits per heavy atom. The molecule has 0 spiro atoms. The molecule has 0 atom stereocenters. The van der Waals surface area contributed by atoms with Crippen LogP contribution in [-0.2, 0) is 14.2 Å². The van der Waals surface area contributed by atoms with Gasteiger partial charge in [0.2, 0.25) is 0 Å². The van der Waals surface area contributed by atoms with E-state index in [1.54, 1.807) is 24.5 Å². The molecular weight excluding hydrogens is 446 g/mol. The van der Waals surface area contributed by atoms with Gasteiger partial charge in [-0.15, -0.1) is 0 Å². The molecule has 0 amide bonds. The first-order chi connectivity index (χ1) is 17.2. The van der Waals surface area contributed by atoms with E-state index in [1.807, 2.05) is 36.4 Å². The predicted molar refractivity (Wildman–Crippen MR) is 137 cm³/mol. The standard InChI is InChI=1S/C26H29N5O4/c1-33-26(32)18-5-6-21-23-17-28-9-7-22(23)25(31-24(21)15-18)30-20-4-2-3-19(16-20)29-10-12-35-14-13-34-11-8-27/h2-7,9,15-17,29H,8,10-14,27H2,1H3,(H,30,31). The van der Waals surface area contributed by atoms with Gasteiger partial charge in [0.05, 0.1) is 44.6 Å². The number of benzene rings is 2. The van der Waals surface area contributed by atoms with Crippen LogP contribution in [0.5, 0.6) is 0 Å². The van der Waals surface area contributed by atoms with Gasteiger partial charge < -0.3 is 30.6 Å². The van der Waals surface area contributed by atoms with Crippen LogP contribution in [-0.4, -0.2) is 62.6 Å². The van der Waals surface area contributed by atoms with Crippen molar-refractivity contribution in [1.82, 2.24) is 9.97 Å². The van der Waals surface area contributed by atoms with Crippen LogP contribution in [0.4, 0.5) is 17.2 Å². The van der Waals surface area contributed by atoms with Gasteiger partial charge in [0, 0.05) is 53.0 Å². The summed E-state index contributed by atoms with van der Waals surface area (Å²) in [6, 6.07) is 15.2. The maximum Gasteiger partial charge on any atom is 0.337 e. The minimum atomic E-state index is -0.402. The van der Waals surface area contributed by atoms with Gasteiger partial charge in [0.25, 0.3) is 0 Å². The monoisotopic (exact) mass is 475 g/mol. The molecule has 0 saturated carbocycles. The summed E-state index contributed by atoms with van der Waals surface area (Å²) in [5.74, 6) is 0.273. The van der Waals surface area contributed by atoms with Gasteiger partial charge in [-0.05, 0) is 36.4 Å². The van der Waals surface area contributed by atoms with Crippen molar-refractivity contribution in [2.45, 2.75) is 0 Å². The van der Waals surface area contributed by atoms with Crippen molar-refractivity contribution in [3.8, 4) is 0 Å². The van der Waals surface area contributed by atoms with Crippen LogP contribution >= 0.6 is 0 Å². The normalized spacial score (nSPS) is 11.0. The number of ether oxygens (including phenoxy) is 3. The lowest BCUT2D eigenvalue weighted by atomic mass is 10.1. The molecule has 35 heavy (non-hydrogen) atoms. The first kappa shape index (κ1) is 24.3. The molecule has 2 aromatic carbocycles. The molecule has 0 fully saturated rings. The fraction of sp³-hybridized carbons (Fsp3) is 0.269. The fourth-order valence-electron chi connectivity index (χ4n) is 3.70. The first-order valence-electron chi connectivity index (χ1n) is 11.4. The quantitative estimate of drug-likeness (QED) is 0.160. The van der Waals surface area contributed by atoms with Crippen LogP contribution in [0.15, 0.2) is 60.9 Å². The van der Waals surface area contributed by atoms with Crippen LogP contribution in [0.1, 0.15) is 10.4 Å². The predicted octanol–water partition coefficient (Wildman–Crippen LogP) is 3.72. The van der Waals surface area contributed by atoms with E-state index in [-0.39, 0.29) is 0 Å². The molecule has 0 radical (unpaired) electrons. The highest BCUT2D eigenvalue weighted by Gasteiger charge is 2.12. The van der Waals surface area contributed by atoms with E-state index < -0.39 is 5.97 Å². The molecular formula is C26H29N5O4. The van der Waals surface area contributed by atoms with Crippen LogP contribution in [0.25, 0.3) is 21.7 Å². The number of hydrogen-bond acceptors (Lipinski definition) is 9. The Balaban J connectivity index is 1.49. The average molecular weight is 476 g/mol. The maximum absolute atomic E-state index is 12.0. The molecule has 0 unspecified atom stereocenters. The van der Waals surface area contributed by atoms with Crippen LogP contribution in [0.2, 0.25) is 0 Å². The molecule has 9 nitrogen and oxygen atoms in total. The number of aromatic nitrogens is 2. The lowest BCUT2D eigenvalue weighted by molar-refractivity contribution is 0.0548. The Morgan fingerprint density at radius 1 is 0.943 bits per heavy atom. The molecule has 9 heteroatoms. The summed E-state index contributed by atoms with van der Waals surface area (Å²) in [7, 11) is 1.36. The summed E-state index contributed by atoms with van der Waals surface area (Å²) in [5, 5.41) is 9.57. The van der Waals surface area contributed by atoms with E-state index in [1.165, 1.54) is 7.11 Å². The van der Waals surface area contributed by atoms with Gasteiger partial charge in [-0.1, -0.05) is 12.1 Å². The summed E-state index contributed by atoms with van der Waals surface area (Å²) < 4.78 is 15.7. The van der Waals surface area contributed by atoms with Crippen molar-refractivity contribution in [1.29, 1.82) is 0 Å². The number of pyridine rings is 2. The number of rotatable bonds is 12. The second-order valence-electron chi connectivity index (χ2n) is 7.75. The SMILES string of the molecule is COC(=O)c1ccc2c(c1)nc(Nc1cccc(NCCOCCOCCN)c1)c1ccncc12. The molecule has 0 aliphatic rings. The number of fused-ring (bicyclic) bond motifs is 3. The Labute approximate surface area is 203 Å². The Morgan fingerprint density at radius 2 is 1.77 bits per heavy atom. The lowest BCUT2D eigenvalue weighted by Gasteiger charge is -2.13. The van der Waals surface area contributed by atoms with Crippen LogP contribution in [0.3, 0.4) is 0 Å². The van der Waals surface area contributed by atoms with Crippen molar-refractivity contribution in [2.24, 2.45) is 5.73 Å². The van der Waals surface area contributed by atoms with Gasteiger partial charge in [-0.2, -0.15) is 0 Å². The summed E-state index contributed by atoms with van der Waals surface area (Å²) in [6.45, 7) is 3.37. The number of carbonyl (C=O) groups is 1. The summed E-state index contributed by atoms with van der Waals surface area (Å²) >= 11 is 0. The van der Waals surface area contributed by atoms with Gasteiger partial charge in [-0.3, -0.25) is 4.98 Å². The molecule has 0 aliphatic heterocycles. The number of nitrogens with two attached hydrogens (primary N) is 1. The number of methoxy groups -OCH3 is 1. The van der Waals surface area contributed by atoms with Crippen LogP contribution < -0.4 is 16.4 Å². The zero-order valence-electron chi connectivity index (χ0n) is 19.6. The molecule has 2 aromatic heterocycles. The number of hydrogen-bond donors (Lipinski definition) is 3. The van der Waals surface area contributed by atoms with Crippen molar-refractivity contribution < 1.29 is 19.0 Å². The third-order valence-electron chi connectivity index (χ3n) is 5.35. The minimum absolute atomic E-state index is 0.402. The van der Waals surface area contributed by atoms with Gasteiger partial charge in [0.15, 0.2) is 0 Å². The first-order valence-corrected chi connectivity index (χ1v) is 11.4. The summed E-state index contributed by atoms with van der Waals surface area (Å²) in [5.41, 5.74) is 8.34. The van der Waals surface area contributed by atoms with Crippen molar-refractivity contribution in [2.75, 3.05) is 57.3 Å². The van der Waals surface area contributed by atoms with Crippen molar-refractivity contribution >= 4 is 44.8 Å². The van der Waals surface area contributed by atoms with E-state index in [2.05, 4.69) is 15.6 Å². The third-order valence-corrected chi connectivity index (χ3v) is 5.35. The van der Waals surface area contributed by atoms with E-state index in [0.29, 0.717) is 56.4 Å². The Bertz CT molecular complexity index is 1300. The van der Waals surface area contributed by atoms with E-state index in [9.17, 15) is 4.79 Å². The number of nitrogens with zero attached hydrogens (tertiary/aromatic N) is 2. The number of esters is 1. The zero-order valence-corrected chi connectivity index (χ0v) is 19.6. The molecule has 4 rings (SSSR count). The molecule has 0 aliphatic carbocycles. The fourth-order valence-corrected chi connectivity index (χ4v) is 3.70. The van der Waals surface area contributed by atoms with E-state index in [0.717, 1.165) is 27.5 Å². The molecule has 4 aromatic rings. The highest BCUT2D eigenvalue weighted by molar-refractivity contribution is 6.11. The Kier molecular flexibility index (Phi) is 8.39. The second-order valence-corrected chi connectivity index (χ2v) is 7.75. The highest BCUT2D eigenvalue weighted by Crippen LogP contribution is 2.31. The highest BCUT2D eigenvalue weighted by atomic mass is 16.5. The largest absolute Gasteiger partial charge is 0.465 e. The number of nitrogens with one attached hydrogen (secondary N) is 2. The molecule has 0 saturated heterocycles. The molecule has 2 heterocycles. The summed E-state index contributed by atoms with van der Waals surface area (Å²) in [4.78, 5) is 21.1. The van der Waals surface area contributed by atoms with Crippen molar-refractivity contribution in [3.63, 3.8) is 0 Å². The average Bonchev–Trinajstić information content (AvgIpc) is 2.90. The molecule has 182 valence electrons. The van der Waals surface area contributed by atoms with Gasteiger partial charge >= 0.3 is 5.97 Å². The third kappa shape index (κ3) is 6.21. The summed E-state index contributed by atoms with van der Waals surface area (Å²) in [6.07, 6.45) is 3.55. The zero-order chi connectivity index (χ0) is 24.5. The Hall–Kier alpha value is -3.79. The number of anilines is 3. The topological polar surface area (TPSA) is 121 Å². The van der Waals surface area contributed by atoms with Gasteiger partial charge in [0.1, 0.15) is 5.82 Å². The van der Waals surface area contributed by atoms with Crippen molar-refractivity contribution in [3.05, 3.63) is 66.5 Å². The number of carbonyl (C=O) groups excluding carboxylic acids is 1. The second kappa shape index (κ2) is 12.1. The van der Waals surface area contributed by atoms with E-state index in [4.69, 9.17) is 24.9 Å².